The van der Waals surface area contributed by atoms with Gasteiger partial charge in [0.25, 0.3) is 6.71 Å². The van der Waals surface area contributed by atoms with Crippen LogP contribution in [0.1, 0.15) is 49.9 Å². The van der Waals surface area contributed by atoms with Crippen molar-refractivity contribution in [1.29, 1.82) is 0 Å². The first-order valence-electron chi connectivity index (χ1n) is 27.0. The SMILES string of the molecule is CC(C)(c1ccccc1)c1ccc2c(c1)c1cc(C(C)(C)c3ccccc3)ccc1n2-c1ccc2c(c1)c1ccccc1c1c3c4c(cc21)-n1c2ccccc2c2cccc(c21)B4c1cccc2c4ccccc4n-3c12. The van der Waals surface area contributed by atoms with E-state index in [1.807, 2.05) is 0 Å². The summed E-state index contributed by atoms with van der Waals surface area (Å²) in [6.07, 6.45) is 0. The van der Waals surface area contributed by atoms with Crippen LogP contribution in [0.4, 0.5) is 0 Å². The Morgan fingerprint density at radius 2 is 0.776 bits per heavy atom. The van der Waals surface area contributed by atoms with Crippen molar-refractivity contribution < 1.29 is 0 Å². The number of hydrogen-bond donors (Lipinski definition) is 0. The van der Waals surface area contributed by atoms with Gasteiger partial charge >= 0.3 is 0 Å². The van der Waals surface area contributed by atoms with Gasteiger partial charge in [0, 0.05) is 70.9 Å². The highest BCUT2D eigenvalue weighted by atomic mass is 15.0. The molecule has 0 saturated carbocycles. The number of para-hydroxylation sites is 4. The molecule has 4 heteroatoms. The highest BCUT2D eigenvalue weighted by Crippen LogP contribution is 2.47. The summed E-state index contributed by atoms with van der Waals surface area (Å²) in [7, 11) is 0. The van der Waals surface area contributed by atoms with Crippen molar-refractivity contribution in [2.75, 3.05) is 0 Å². The Morgan fingerprint density at radius 1 is 0.303 bits per heavy atom. The van der Waals surface area contributed by atoms with E-state index < -0.39 is 0 Å². The van der Waals surface area contributed by atoms with Crippen molar-refractivity contribution in [2.45, 2.75) is 38.5 Å². The van der Waals surface area contributed by atoms with Gasteiger partial charge in [0.15, 0.2) is 0 Å². The first kappa shape index (κ1) is 42.3. The molecule has 0 aliphatic carbocycles. The lowest BCUT2D eigenvalue weighted by molar-refractivity contribution is 0.641. The van der Waals surface area contributed by atoms with Crippen molar-refractivity contribution in [3.8, 4) is 17.1 Å². The van der Waals surface area contributed by atoms with E-state index in [1.165, 1.54) is 148 Å². The molecule has 3 aromatic heterocycles. The van der Waals surface area contributed by atoms with Crippen molar-refractivity contribution >= 4 is 121 Å². The van der Waals surface area contributed by atoms with E-state index >= 15 is 0 Å². The van der Waals surface area contributed by atoms with Gasteiger partial charge in [0.05, 0.1) is 27.8 Å². The molecule has 0 fully saturated rings. The van der Waals surface area contributed by atoms with Gasteiger partial charge in [-0.05, 0) is 120 Å². The van der Waals surface area contributed by atoms with Crippen molar-refractivity contribution in [3.05, 3.63) is 253 Å². The van der Waals surface area contributed by atoms with E-state index in [-0.39, 0.29) is 17.5 Å². The highest BCUT2D eigenvalue weighted by molar-refractivity contribution is 7.00. The second-order valence-corrected chi connectivity index (χ2v) is 22.8. The van der Waals surface area contributed by atoms with Crippen LogP contribution in [0, 0.1) is 0 Å². The van der Waals surface area contributed by atoms with E-state index in [0.717, 1.165) is 5.69 Å². The summed E-state index contributed by atoms with van der Waals surface area (Å²) in [5.41, 5.74) is 20.2. The molecule has 17 rings (SSSR count). The summed E-state index contributed by atoms with van der Waals surface area (Å²) in [6.45, 7) is 9.49. The fraction of sp³-hybridized carbons (Fsp3) is 0.0833. The second kappa shape index (κ2) is 14.8. The minimum absolute atomic E-state index is 0.0557. The molecular formula is C72H50BN3. The third-order valence-corrected chi connectivity index (χ3v) is 18.4. The Morgan fingerprint density at radius 3 is 1.37 bits per heavy atom. The van der Waals surface area contributed by atoms with Crippen molar-refractivity contribution in [3.63, 3.8) is 0 Å². The fourth-order valence-corrected chi connectivity index (χ4v) is 14.6. The van der Waals surface area contributed by atoms with Crippen LogP contribution in [-0.2, 0) is 10.8 Å². The first-order chi connectivity index (χ1) is 37.3. The van der Waals surface area contributed by atoms with Gasteiger partial charge < -0.3 is 13.7 Å². The van der Waals surface area contributed by atoms with Gasteiger partial charge in [0.2, 0.25) is 0 Å². The number of rotatable bonds is 5. The Hall–Kier alpha value is -9.12. The van der Waals surface area contributed by atoms with E-state index in [2.05, 4.69) is 272 Å². The lowest BCUT2D eigenvalue weighted by atomic mass is 9.34. The molecule has 76 heavy (non-hydrogen) atoms. The zero-order valence-electron chi connectivity index (χ0n) is 42.9. The summed E-state index contributed by atoms with van der Waals surface area (Å²) in [5, 5.41) is 15.3. The Kier molecular flexibility index (Phi) is 8.23. The molecule has 0 amide bonds. The second-order valence-electron chi connectivity index (χ2n) is 22.8. The van der Waals surface area contributed by atoms with Crippen LogP contribution in [0.15, 0.2) is 231 Å². The number of aromatic nitrogens is 3. The van der Waals surface area contributed by atoms with Crippen molar-refractivity contribution in [2.24, 2.45) is 0 Å². The zero-order chi connectivity index (χ0) is 50.3. The smallest absolute Gasteiger partial charge is 0.252 e. The average Bonchev–Trinajstić information content (AvgIpc) is 4.28. The van der Waals surface area contributed by atoms with Crippen LogP contribution in [0.25, 0.3) is 115 Å². The van der Waals surface area contributed by atoms with Gasteiger partial charge in [-0.15, -0.1) is 0 Å². The summed E-state index contributed by atoms with van der Waals surface area (Å²) in [5.74, 6) is 0. The molecule has 0 spiro atoms. The van der Waals surface area contributed by atoms with Gasteiger partial charge in [-0.2, -0.15) is 0 Å². The lowest BCUT2D eigenvalue weighted by Gasteiger charge is -2.35. The molecule has 12 aromatic carbocycles. The molecule has 0 N–H and O–H groups in total. The van der Waals surface area contributed by atoms with Crippen LogP contribution in [0.5, 0.6) is 0 Å². The molecule has 0 unspecified atom stereocenters. The summed E-state index contributed by atoms with van der Waals surface area (Å²) in [4.78, 5) is 0. The molecule has 2 aliphatic rings. The molecule has 2 aliphatic heterocycles. The third kappa shape index (κ3) is 5.33. The maximum atomic E-state index is 2.65. The maximum absolute atomic E-state index is 2.65. The van der Waals surface area contributed by atoms with Gasteiger partial charge in [0.1, 0.15) is 0 Å². The van der Waals surface area contributed by atoms with Gasteiger partial charge in [-0.1, -0.05) is 204 Å². The molecule has 5 heterocycles. The molecule has 15 aromatic rings. The Balaban J connectivity index is 0.984. The summed E-state index contributed by atoms with van der Waals surface area (Å²) >= 11 is 0. The Bertz CT molecular complexity index is 4940. The van der Waals surface area contributed by atoms with E-state index in [1.54, 1.807) is 0 Å². The highest BCUT2D eigenvalue weighted by Gasteiger charge is 2.42. The predicted molar refractivity (Wildman–Crippen MR) is 324 cm³/mol. The monoisotopic (exact) mass is 967 g/mol. The first-order valence-corrected chi connectivity index (χ1v) is 27.0. The normalized spacial score (nSPS) is 13.2. The van der Waals surface area contributed by atoms with E-state index in [4.69, 9.17) is 0 Å². The molecule has 0 bridgehead atoms. The number of hydrogen-bond acceptors (Lipinski definition) is 0. The molecular weight excluding hydrogens is 918 g/mol. The topological polar surface area (TPSA) is 14.8 Å². The standard InChI is InChI=1S/C72H50BN3/c1-71(2,43-19-7-5-8-20-43)45-33-37-63-56(39-45)57-40-46(72(3,4)44-21-9-6-10-22-44)34-38-64(57)74(63)47-35-36-49-55(41-47)48-23-11-12-26-52(48)66-58(49)42-65-67-70(66)76-62-32-16-14-25-51(62)54-28-18-30-60(69(54)76)73(67)59-29-17-27-53-50-24-13-15-31-61(50)75(65)68(53)59/h5-42H,1-4H3. The number of benzene rings is 12. The maximum Gasteiger partial charge on any atom is 0.252 e. The summed E-state index contributed by atoms with van der Waals surface area (Å²) in [6, 6.07) is 87.7. The summed E-state index contributed by atoms with van der Waals surface area (Å²) < 4.78 is 7.79. The minimum Gasteiger partial charge on any atom is -0.310 e. The van der Waals surface area contributed by atoms with Crippen LogP contribution >= 0.6 is 0 Å². The molecule has 356 valence electrons. The van der Waals surface area contributed by atoms with Crippen LogP contribution < -0.4 is 16.4 Å². The molecule has 0 saturated heterocycles. The minimum atomic E-state index is -0.201. The average molecular weight is 968 g/mol. The zero-order valence-corrected chi connectivity index (χ0v) is 42.9. The largest absolute Gasteiger partial charge is 0.310 e. The van der Waals surface area contributed by atoms with Crippen LogP contribution in [-0.4, -0.2) is 20.4 Å². The quantitative estimate of drug-likeness (QED) is 0.121. The van der Waals surface area contributed by atoms with Crippen LogP contribution in [0.3, 0.4) is 0 Å². The molecule has 3 nitrogen and oxygen atoms in total. The third-order valence-electron chi connectivity index (χ3n) is 18.4. The molecule has 0 atom stereocenters. The Labute approximate surface area is 440 Å². The fourth-order valence-electron chi connectivity index (χ4n) is 14.6. The molecule has 0 radical (unpaired) electrons. The van der Waals surface area contributed by atoms with Gasteiger partial charge in [-0.3, -0.25) is 0 Å². The van der Waals surface area contributed by atoms with E-state index in [9.17, 15) is 0 Å². The van der Waals surface area contributed by atoms with Crippen LogP contribution in [0.2, 0.25) is 0 Å². The van der Waals surface area contributed by atoms with Crippen molar-refractivity contribution in [1.82, 2.24) is 13.7 Å². The van der Waals surface area contributed by atoms with Gasteiger partial charge in [-0.25, -0.2) is 0 Å². The number of fused-ring (bicyclic) bond motifs is 20. The number of nitrogens with zero attached hydrogens (tertiary/aromatic N) is 3. The lowest BCUT2D eigenvalue weighted by Crippen LogP contribution is -2.59. The predicted octanol–water partition coefficient (Wildman–Crippen LogP) is 16.2. The van der Waals surface area contributed by atoms with E-state index in [0.29, 0.717) is 0 Å².